The average Bonchev–Trinajstić information content (AvgIpc) is 2.93. The molecule has 176 valence electrons. The maximum atomic E-state index is 13.8. The lowest BCUT2D eigenvalue weighted by Crippen LogP contribution is -2.59. The lowest BCUT2D eigenvalue weighted by Gasteiger charge is -2.48. The molecule has 0 spiro atoms. The number of hydrogen-bond donors (Lipinski definition) is 0. The number of allylic oxidation sites excluding steroid dienone is 1. The Balaban J connectivity index is 2.09. The number of ether oxygens (including phenoxy) is 1. The van der Waals surface area contributed by atoms with Gasteiger partial charge in [0.15, 0.2) is 0 Å². The van der Waals surface area contributed by atoms with Crippen LogP contribution in [0.2, 0.25) is 0 Å². The van der Waals surface area contributed by atoms with Crippen molar-refractivity contribution >= 4 is 28.8 Å². The van der Waals surface area contributed by atoms with Gasteiger partial charge in [0.25, 0.3) is 5.91 Å². The third-order valence-electron chi connectivity index (χ3n) is 6.59. The highest BCUT2D eigenvalue weighted by molar-refractivity contribution is 7.80. The molecule has 0 N–H and O–H groups in total. The van der Waals surface area contributed by atoms with Crippen LogP contribution in [0.15, 0.2) is 60.4 Å². The van der Waals surface area contributed by atoms with Crippen LogP contribution in [-0.4, -0.2) is 28.4 Å². The van der Waals surface area contributed by atoms with E-state index in [1.807, 2.05) is 54.3 Å². The summed E-state index contributed by atoms with van der Waals surface area (Å²) in [7, 11) is 0. The molecule has 2 aromatic carbocycles. The van der Waals surface area contributed by atoms with E-state index in [9.17, 15) is 10.1 Å². The van der Waals surface area contributed by atoms with Gasteiger partial charge in [-0.25, -0.2) is 0 Å². The first-order valence-electron chi connectivity index (χ1n) is 12.1. The van der Waals surface area contributed by atoms with Crippen molar-refractivity contribution in [2.45, 2.75) is 64.6 Å². The number of rotatable bonds is 7. The fraction of sp³-hybridized carbons (Fsp3) is 0.393. The zero-order chi connectivity index (χ0) is 24.3. The molecular formula is C28H31N3O2S. The van der Waals surface area contributed by atoms with Gasteiger partial charge in [-0.1, -0.05) is 75.7 Å². The number of unbranched alkanes of at least 4 members (excludes halogenated alkanes) is 2. The predicted molar refractivity (Wildman–Crippen MR) is 138 cm³/mol. The molecule has 2 atom stereocenters. The highest BCUT2D eigenvalue weighted by Gasteiger charge is 2.55. The van der Waals surface area contributed by atoms with Crippen molar-refractivity contribution in [3.63, 3.8) is 0 Å². The molecule has 2 aliphatic rings. The molecule has 5 nitrogen and oxygen atoms in total. The molecule has 0 aromatic heterocycles. The zero-order valence-corrected chi connectivity index (χ0v) is 20.9. The summed E-state index contributed by atoms with van der Waals surface area (Å²) in [5.41, 5.74) is 1.91. The average molecular weight is 474 g/mol. The molecule has 2 aromatic rings. The summed E-state index contributed by atoms with van der Waals surface area (Å²) in [5.74, 6) is 0.450. The van der Waals surface area contributed by atoms with E-state index in [0.717, 1.165) is 55.5 Å². The Bertz CT molecular complexity index is 1150. The molecule has 6 heteroatoms. The van der Waals surface area contributed by atoms with Gasteiger partial charge in [-0.3, -0.25) is 9.69 Å². The van der Waals surface area contributed by atoms with Gasteiger partial charge in [0, 0.05) is 23.7 Å². The second kappa shape index (κ2) is 9.99. The second-order valence-corrected chi connectivity index (χ2v) is 9.34. The number of amides is 1. The highest BCUT2D eigenvalue weighted by Crippen LogP contribution is 2.49. The van der Waals surface area contributed by atoms with E-state index in [1.54, 1.807) is 12.1 Å². The minimum atomic E-state index is -1.18. The van der Waals surface area contributed by atoms with Crippen LogP contribution in [0, 0.1) is 11.3 Å². The van der Waals surface area contributed by atoms with Crippen LogP contribution in [-0.2, 0) is 15.3 Å². The number of fused-ring (bicyclic) bond motifs is 3. The van der Waals surface area contributed by atoms with Crippen molar-refractivity contribution in [3.8, 4) is 6.07 Å². The molecule has 1 amide bonds. The summed E-state index contributed by atoms with van der Waals surface area (Å²) in [6.07, 6.45) is 6.19. The summed E-state index contributed by atoms with van der Waals surface area (Å²) in [4.78, 5) is 18.5. The number of thiocarbonyl (C=S) groups is 1. The molecule has 2 aliphatic heterocycles. The Morgan fingerprint density at radius 3 is 2.53 bits per heavy atom. The molecule has 2 heterocycles. The van der Waals surface area contributed by atoms with E-state index in [0.29, 0.717) is 16.3 Å². The van der Waals surface area contributed by atoms with E-state index in [4.69, 9.17) is 17.0 Å². The largest absolute Gasteiger partial charge is 0.464 e. The van der Waals surface area contributed by atoms with Gasteiger partial charge in [-0.15, -0.1) is 0 Å². The summed E-state index contributed by atoms with van der Waals surface area (Å²) >= 11 is 6.14. The van der Waals surface area contributed by atoms with Crippen LogP contribution in [0.25, 0.3) is 0 Å². The minimum absolute atomic E-state index is 0.108. The monoisotopic (exact) mass is 473 g/mol. The van der Waals surface area contributed by atoms with Crippen molar-refractivity contribution < 1.29 is 9.53 Å². The predicted octanol–water partition coefficient (Wildman–Crippen LogP) is 6.03. The van der Waals surface area contributed by atoms with E-state index in [1.165, 1.54) is 0 Å². The van der Waals surface area contributed by atoms with E-state index >= 15 is 0 Å². The number of carbonyl (C=O) groups excluding carboxylic acids is 1. The van der Waals surface area contributed by atoms with Crippen molar-refractivity contribution in [1.82, 2.24) is 4.90 Å². The SMILES string of the molecule is CCCCC1C(=S)N(CCCC)c2cc(C#N)ccc2C2(c3ccccc3)OC(C)=CC(=O)N12. The van der Waals surface area contributed by atoms with Crippen molar-refractivity contribution in [3.05, 3.63) is 77.1 Å². The summed E-state index contributed by atoms with van der Waals surface area (Å²) in [6, 6.07) is 17.5. The molecule has 0 bridgehead atoms. The van der Waals surface area contributed by atoms with Gasteiger partial charge in [0.1, 0.15) is 10.7 Å². The van der Waals surface area contributed by atoms with Gasteiger partial charge >= 0.3 is 0 Å². The van der Waals surface area contributed by atoms with E-state index in [-0.39, 0.29) is 11.9 Å². The van der Waals surface area contributed by atoms with Crippen LogP contribution < -0.4 is 4.90 Å². The zero-order valence-electron chi connectivity index (χ0n) is 20.1. The van der Waals surface area contributed by atoms with Crippen LogP contribution in [0.3, 0.4) is 0 Å². The fourth-order valence-corrected chi connectivity index (χ4v) is 5.42. The van der Waals surface area contributed by atoms with Gasteiger partial charge < -0.3 is 9.64 Å². The standard InChI is InChI=1S/C28H31N3O2S/c1-4-6-13-24-27(34)30(16-7-5-2)25-18-21(19-29)14-15-23(25)28(22-11-9-8-10-12-22)31(24)26(32)17-20(3)33-28/h8-12,14-15,17-18,24H,4-7,13,16H2,1-3H3. The number of nitrogens with zero attached hydrogens (tertiary/aromatic N) is 3. The van der Waals surface area contributed by atoms with Crippen molar-refractivity contribution in [1.29, 1.82) is 5.26 Å². The smallest absolute Gasteiger partial charge is 0.254 e. The normalized spacial score (nSPS) is 21.7. The van der Waals surface area contributed by atoms with E-state index < -0.39 is 5.72 Å². The molecule has 0 saturated carbocycles. The molecule has 0 aliphatic carbocycles. The molecular weight excluding hydrogens is 442 g/mol. The van der Waals surface area contributed by atoms with Crippen molar-refractivity contribution in [2.24, 2.45) is 0 Å². The quantitative estimate of drug-likeness (QED) is 0.460. The number of nitriles is 1. The Morgan fingerprint density at radius 1 is 1.12 bits per heavy atom. The van der Waals surface area contributed by atoms with Gasteiger partial charge in [-0.05, 0) is 38.0 Å². The van der Waals surface area contributed by atoms with Crippen LogP contribution in [0.1, 0.15) is 69.6 Å². The van der Waals surface area contributed by atoms with Crippen molar-refractivity contribution in [2.75, 3.05) is 11.4 Å². The third kappa shape index (κ3) is 3.99. The Morgan fingerprint density at radius 2 is 1.85 bits per heavy atom. The molecule has 0 fully saturated rings. The van der Waals surface area contributed by atoms with Gasteiger partial charge in [-0.2, -0.15) is 5.26 Å². The maximum absolute atomic E-state index is 13.8. The second-order valence-electron chi connectivity index (χ2n) is 8.92. The van der Waals surface area contributed by atoms with Crippen LogP contribution in [0.5, 0.6) is 0 Å². The van der Waals surface area contributed by atoms with Gasteiger partial charge in [0.2, 0.25) is 5.72 Å². The van der Waals surface area contributed by atoms with Gasteiger partial charge in [0.05, 0.1) is 23.4 Å². The fourth-order valence-electron chi connectivity index (χ4n) is 5.00. The molecule has 2 unspecified atom stereocenters. The van der Waals surface area contributed by atoms with Crippen LogP contribution in [0.4, 0.5) is 5.69 Å². The molecule has 4 rings (SSSR count). The maximum Gasteiger partial charge on any atom is 0.254 e. The Hall–Kier alpha value is -3.17. The minimum Gasteiger partial charge on any atom is -0.464 e. The first-order chi connectivity index (χ1) is 16.5. The molecule has 0 radical (unpaired) electrons. The first-order valence-corrected chi connectivity index (χ1v) is 12.5. The van der Waals surface area contributed by atoms with Crippen LogP contribution >= 0.6 is 12.2 Å². The Kier molecular flexibility index (Phi) is 7.04. The topological polar surface area (TPSA) is 56.6 Å². The van der Waals surface area contributed by atoms with E-state index in [2.05, 4.69) is 24.8 Å². The lowest BCUT2D eigenvalue weighted by molar-refractivity contribution is -0.163. The molecule has 34 heavy (non-hydrogen) atoms. The number of benzene rings is 2. The molecule has 0 saturated heterocycles. The summed E-state index contributed by atoms with van der Waals surface area (Å²) < 4.78 is 6.72. The third-order valence-corrected chi connectivity index (χ3v) is 7.08. The lowest BCUT2D eigenvalue weighted by atomic mass is 9.88. The number of anilines is 1. The number of carbonyl (C=O) groups is 1. The summed E-state index contributed by atoms with van der Waals surface area (Å²) in [6.45, 7) is 6.84. The highest BCUT2D eigenvalue weighted by atomic mass is 32.1. The Labute approximate surface area is 207 Å². The first kappa shape index (κ1) is 24.0. The number of hydrogen-bond acceptors (Lipinski definition) is 4. The summed E-state index contributed by atoms with van der Waals surface area (Å²) in [5, 5.41) is 9.70.